The van der Waals surface area contributed by atoms with Crippen LogP contribution in [0.3, 0.4) is 0 Å². The van der Waals surface area contributed by atoms with Gasteiger partial charge in [-0.3, -0.25) is 0 Å². The van der Waals surface area contributed by atoms with Crippen LogP contribution in [0.4, 0.5) is 4.79 Å². The summed E-state index contributed by atoms with van der Waals surface area (Å²) in [6.07, 6.45) is -0.419. The molecule has 0 spiro atoms. The highest BCUT2D eigenvalue weighted by atomic mass is 16.6. The van der Waals surface area contributed by atoms with Crippen molar-refractivity contribution in [2.24, 2.45) is 0 Å². The number of amides is 1. The van der Waals surface area contributed by atoms with E-state index in [1.165, 1.54) is 0 Å². The van der Waals surface area contributed by atoms with E-state index in [1.807, 2.05) is 6.92 Å². The zero-order valence-corrected chi connectivity index (χ0v) is 9.96. The van der Waals surface area contributed by atoms with Crippen LogP contribution in [0.2, 0.25) is 0 Å². The lowest BCUT2D eigenvalue weighted by atomic mass is 10.1. The Bertz CT molecular complexity index is 182. The molecule has 0 aliphatic rings. The van der Waals surface area contributed by atoms with Gasteiger partial charge in [-0.05, 0) is 20.8 Å². The van der Waals surface area contributed by atoms with Gasteiger partial charge < -0.3 is 19.5 Å². The molecule has 15 heavy (non-hydrogen) atoms. The number of carbonyl (C=O) groups excluding carboxylic acids is 1. The average molecular weight is 219 g/mol. The number of hydrogen-bond acceptors (Lipinski definition) is 4. The van der Waals surface area contributed by atoms with Gasteiger partial charge in [-0.25, -0.2) is 4.79 Å². The van der Waals surface area contributed by atoms with Crippen LogP contribution in [0.15, 0.2) is 0 Å². The van der Waals surface area contributed by atoms with Gasteiger partial charge >= 0.3 is 6.09 Å². The summed E-state index contributed by atoms with van der Waals surface area (Å²) >= 11 is 0. The van der Waals surface area contributed by atoms with Crippen molar-refractivity contribution in [2.45, 2.75) is 26.4 Å². The maximum atomic E-state index is 11.1. The van der Waals surface area contributed by atoms with Crippen molar-refractivity contribution in [3.05, 3.63) is 0 Å². The highest BCUT2D eigenvalue weighted by Crippen LogP contribution is 2.09. The number of hydrogen-bond donors (Lipinski definition) is 1. The first-order chi connectivity index (χ1) is 7.02. The molecule has 0 aromatic rings. The molecule has 0 aliphatic carbocycles. The molecule has 0 aromatic carbocycles. The number of alkyl carbamates (subject to hydrolysis) is 1. The molecule has 0 atom stereocenters. The summed E-state index contributed by atoms with van der Waals surface area (Å²) < 4.78 is 15.3. The second kappa shape index (κ2) is 7.48. The van der Waals surface area contributed by atoms with E-state index in [0.717, 1.165) is 0 Å². The predicted octanol–water partition coefficient (Wildman–Crippen LogP) is 1.17. The van der Waals surface area contributed by atoms with Crippen LogP contribution in [-0.2, 0) is 14.2 Å². The summed E-state index contributed by atoms with van der Waals surface area (Å²) in [7, 11) is 1.61. The molecule has 0 fully saturated rings. The van der Waals surface area contributed by atoms with Gasteiger partial charge in [-0.1, -0.05) is 0 Å². The van der Waals surface area contributed by atoms with E-state index in [2.05, 4.69) is 5.32 Å². The number of carbonyl (C=O) groups is 1. The highest BCUT2D eigenvalue weighted by Gasteiger charge is 2.22. The van der Waals surface area contributed by atoms with Crippen molar-refractivity contribution >= 4 is 6.09 Å². The fourth-order valence-corrected chi connectivity index (χ4v) is 0.921. The second-order valence-corrected chi connectivity index (χ2v) is 3.72. The lowest BCUT2D eigenvalue weighted by Gasteiger charge is -2.24. The summed E-state index contributed by atoms with van der Waals surface area (Å²) in [6.45, 7) is 7.39. The zero-order valence-electron chi connectivity index (χ0n) is 9.96. The Labute approximate surface area is 91.1 Å². The minimum absolute atomic E-state index is 0.355. The maximum absolute atomic E-state index is 11.1. The molecule has 0 saturated heterocycles. The van der Waals surface area contributed by atoms with Gasteiger partial charge in [0.15, 0.2) is 0 Å². The zero-order chi connectivity index (χ0) is 11.7. The van der Waals surface area contributed by atoms with E-state index in [-0.39, 0.29) is 0 Å². The van der Waals surface area contributed by atoms with Crippen LogP contribution < -0.4 is 5.32 Å². The van der Waals surface area contributed by atoms with Gasteiger partial charge in [0.1, 0.15) is 5.60 Å². The van der Waals surface area contributed by atoms with E-state index >= 15 is 0 Å². The molecule has 0 bridgehead atoms. The largest absolute Gasteiger partial charge is 0.441 e. The molecule has 0 radical (unpaired) electrons. The third kappa shape index (κ3) is 8.20. The van der Waals surface area contributed by atoms with Gasteiger partial charge in [0.05, 0.1) is 19.8 Å². The quantitative estimate of drug-likeness (QED) is 0.653. The first-order valence-electron chi connectivity index (χ1n) is 5.05. The van der Waals surface area contributed by atoms with Crippen molar-refractivity contribution in [1.29, 1.82) is 0 Å². The van der Waals surface area contributed by atoms with Crippen LogP contribution in [0.25, 0.3) is 0 Å². The van der Waals surface area contributed by atoms with E-state index in [0.29, 0.717) is 26.4 Å². The first kappa shape index (κ1) is 14.2. The van der Waals surface area contributed by atoms with Gasteiger partial charge in [-0.15, -0.1) is 0 Å². The molecular weight excluding hydrogens is 198 g/mol. The molecule has 0 unspecified atom stereocenters. The summed E-state index contributed by atoms with van der Waals surface area (Å²) in [4.78, 5) is 11.1. The lowest BCUT2D eigenvalue weighted by Crippen LogP contribution is -2.38. The Morgan fingerprint density at radius 2 is 2.00 bits per heavy atom. The van der Waals surface area contributed by atoms with Crippen LogP contribution in [0, 0.1) is 0 Å². The second-order valence-electron chi connectivity index (χ2n) is 3.72. The van der Waals surface area contributed by atoms with Gasteiger partial charge in [0.25, 0.3) is 0 Å². The van der Waals surface area contributed by atoms with E-state index in [1.54, 1.807) is 21.0 Å². The monoisotopic (exact) mass is 219 g/mol. The number of rotatable bonds is 7. The molecule has 1 amide bonds. The van der Waals surface area contributed by atoms with Crippen LogP contribution in [0.1, 0.15) is 20.8 Å². The van der Waals surface area contributed by atoms with Gasteiger partial charge in [0.2, 0.25) is 0 Å². The first-order valence-corrected chi connectivity index (χ1v) is 5.05. The summed E-state index contributed by atoms with van der Waals surface area (Å²) in [5.74, 6) is 0. The third-order valence-electron chi connectivity index (χ3n) is 1.57. The fraction of sp³-hybridized carbons (Fsp3) is 0.900. The van der Waals surface area contributed by atoms with Crippen LogP contribution >= 0.6 is 0 Å². The number of methoxy groups -OCH3 is 1. The van der Waals surface area contributed by atoms with E-state index in [4.69, 9.17) is 14.2 Å². The van der Waals surface area contributed by atoms with Crippen molar-refractivity contribution in [2.75, 3.05) is 33.5 Å². The molecule has 5 heteroatoms. The fourth-order valence-electron chi connectivity index (χ4n) is 0.921. The van der Waals surface area contributed by atoms with Crippen molar-refractivity contribution in [3.63, 3.8) is 0 Å². The van der Waals surface area contributed by atoms with Crippen LogP contribution in [0.5, 0.6) is 0 Å². The normalized spacial score (nSPS) is 11.2. The standard InChI is InChI=1S/C10H21NO4/c1-5-11-9(12)15-10(2,3)8-14-7-6-13-4/h5-8H2,1-4H3,(H,11,12). The number of nitrogens with one attached hydrogen (secondary N) is 1. The molecular formula is C10H21NO4. The molecule has 5 nitrogen and oxygen atoms in total. The molecule has 1 N–H and O–H groups in total. The summed E-state index contributed by atoms with van der Waals surface area (Å²) in [5.41, 5.74) is -0.618. The van der Waals surface area contributed by atoms with Crippen molar-refractivity contribution < 1.29 is 19.0 Å². The molecule has 90 valence electrons. The Morgan fingerprint density at radius 1 is 1.33 bits per heavy atom. The molecule has 0 aromatic heterocycles. The highest BCUT2D eigenvalue weighted by molar-refractivity contribution is 5.67. The lowest BCUT2D eigenvalue weighted by molar-refractivity contribution is -0.0421. The molecule has 0 rings (SSSR count). The summed E-state index contributed by atoms with van der Waals surface area (Å²) in [6, 6.07) is 0. The van der Waals surface area contributed by atoms with Gasteiger partial charge in [0, 0.05) is 13.7 Å². The van der Waals surface area contributed by atoms with E-state index in [9.17, 15) is 4.79 Å². The van der Waals surface area contributed by atoms with Crippen molar-refractivity contribution in [3.8, 4) is 0 Å². The Kier molecular flexibility index (Phi) is 7.07. The Hall–Kier alpha value is -0.810. The predicted molar refractivity (Wildman–Crippen MR) is 56.9 cm³/mol. The molecule has 0 heterocycles. The maximum Gasteiger partial charge on any atom is 0.407 e. The topological polar surface area (TPSA) is 56.8 Å². The smallest absolute Gasteiger partial charge is 0.407 e. The SMILES string of the molecule is CCNC(=O)OC(C)(C)COCCOC. The van der Waals surface area contributed by atoms with Crippen LogP contribution in [-0.4, -0.2) is 45.2 Å². The number of ether oxygens (including phenoxy) is 3. The Balaban J connectivity index is 3.70. The average Bonchev–Trinajstić information content (AvgIpc) is 2.12. The molecule has 0 saturated carbocycles. The summed E-state index contributed by atoms with van der Waals surface area (Å²) in [5, 5.41) is 2.56. The van der Waals surface area contributed by atoms with Gasteiger partial charge in [-0.2, -0.15) is 0 Å². The minimum Gasteiger partial charge on any atom is -0.441 e. The Morgan fingerprint density at radius 3 is 2.53 bits per heavy atom. The van der Waals surface area contributed by atoms with Crippen molar-refractivity contribution in [1.82, 2.24) is 5.32 Å². The van der Waals surface area contributed by atoms with E-state index < -0.39 is 11.7 Å². The minimum atomic E-state index is -0.618. The molecule has 0 aliphatic heterocycles. The third-order valence-corrected chi connectivity index (χ3v) is 1.57.